The minimum Gasteiger partial charge on any atom is -0.497 e. The maximum Gasteiger partial charge on any atom is 0.131 e. The van der Waals surface area contributed by atoms with Crippen LogP contribution in [0.3, 0.4) is 0 Å². The summed E-state index contributed by atoms with van der Waals surface area (Å²) in [6.07, 6.45) is 0. The highest BCUT2D eigenvalue weighted by molar-refractivity contribution is 5.87. The molecule has 0 saturated heterocycles. The molecule has 0 spiro atoms. The van der Waals surface area contributed by atoms with Gasteiger partial charge in [-0.25, -0.2) is 4.39 Å². The van der Waals surface area contributed by atoms with Crippen molar-refractivity contribution in [2.24, 2.45) is 5.73 Å². The van der Waals surface area contributed by atoms with Crippen molar-refractivity contribution >= 4 is 10.8 Å². The Labute approximate surface area is 123 Å². The standard InChI is InChI=1S/C18H16FNO/c1-21-13-8-6-12(7-9-13)18(20)16-10-11-17(19)15-5-3-2-4-14(15)16/h2-11,18H,20H2,1H3. The third-order valence-electron chi connectivity index (χ3n) is 3.71. The second-order valence-electron chi connectivity index (χ2n) is 4.93. The fourth-order valence-electron chi connectivity index (χ4n) is 2.55. The number of benzene rings is 3. The molecule has 21 heavy (non-hydrogen) atoms. The van der Waals surface area contributed by atoms with E-state index in [2.05, 4.69) is 0 Å². The van der Waals surface area contributed by atoms with E-state index in [1.165, 1.54) is 6.07 Å². The number of halogens is 1. The van der Waals surface area contributed by atoms with Crippen molar-refractivity contribution in [3.63, 3.8) is 0 Å². The monoisotopic (exact) mass is 281 g/mol. The highest BCUT2D eigenvalue weighted by atomic mass is 19.1. The van der Waals surface area contributed by atoms with Gasteiger partial charge in [-0.3, -0.25) is 0 Å². The van der Waals surface area contributed by atoms with E-state index in [0.717, 1.165) is 22.3 Å². The van der Waals surface area contributed by atoms with Crippen molar-refractivity contribution in [3.8, 4) is 5.75 Å². The second-order valence-corrected chi connectivity index (χ2v) is 4.93. The number of fused-ring (bicyclic) bond motifs is 1. The van der Waals surface area contributed by atoms with Crippen molar-refractivity contribution in [1.82, 2.24) is 0 Å². The summed E-state index contributed by atoms with van der Waals surface area (Å²) in [4.78, 5) is 0. The lowest BCUT2D eigenvalue weighted by Gasteiger charge is -2.16. The van der Waals surface area contributed by atoms with Gasteiger partial charge in [0.05, 0.1) is 13.2 Å². The Kier molecular flexibility index (Phi) is 3.59. The maximum atomic E-state index is 13.9. The molecule has 0 aromatic heterocycles. The number of rotatable bonds is 3. The normalized spacial score (nSPS) is 12.3. The lowest BCUT2D eigenvalue weighted by atomic mass is 9.94. The summed E-state index contributed by atoms with van der Waals surface area (Å²) >= 11 is 0. The van der Waals surface area contributed by atoms with Crippen LogP contribution in [0.25, 0.3) is 10.8 Å². The van der Waals surface area contributed by atoms with E-state index < -0.39 is 0 Å². The van der Waals surface area contributed by atoms with Crippen LogP contribution >= 0.6 is 0 Å². The van der Waals surface area contributed by atoms with Crippen LogP contribution in [0.15, 0.2) is 60.7 Å². The summed E-state index contributed by atoms with van der Waals surface area (Å²) in [5, 5.41) is 1.44. The largest absolute Gasteiger partial charge is 0.497 e. The first-order valence-electron chi connectivity index (χ1n) is 6.77. The van der Waals surface area contributed by atoms with E-state index in [0.29, 0.717) is 5.39 Å². The molecule has 0 aliphatic heterocycles. The van der Waals surface area contributed by atoms with Gasteiger partial charge in [0.15, 0.2) is 0 Å². The van der Waals surface area contributed by atoms with E-state index in [-0.39, 0.29) is 11.9 Å². The van der Waals surface area contributed by atoms with Gasteiger partial charge in [-0.15, -0.1) is 0 Å². The van der Waals surface area contributed by atoms with Gasteiger partial charge in [0.25, 0.3) is 0 Å². The van der Waals surface area contributed by atoms with E-state index in [4.69, 9.17) is 10.5 Å². The van der Waals surface area contributed by atoms with Crippen LogP contribution < -0.4 is 10.5 Å². The zero-order valence-electron chi connectivity index (χ0n) is 11.7. The number of hydrogen-bond donors (Lipinski definition) is 1. The average molecular weight is 281 g/mol. The molecular formula is C18H16FNO. The van der Waals surface area contributed by atoms with E-state index in [1.807, 2.05) is 42.5 Å². The summed E-state index contributed by atoms with van der Waals surface area (Å²) in [5.74, 6) is 0.561. The number of methoxy groups -OCH3 is 1. The molecule has 1 unspecified atom stereocenters. The molecule has 0 fully saturated rings. The van der Waals surface area contributed by atoms with Crippen LogP contribution in [0.2, 0.25) is 0 Å². The first-order chi connectivity index (χ1) is 10.2. The Morgan fingerprint density at radius 1 is 0.905 bits per heavy atom. The second kappa shape index (κ2) is 5.54. The summed E-state index contributed by atoms with van der Waals surface area (Å²) in [7, 11) is 1.63. The van der Waals surface area contributed by atoms with E-state index in [1.54, 1.807) is 19.2 Å². The Morgan fingerprint density at radius 3 is 2.24 bits per heavy atom. The van der Waals surface area contributed by atoms with Crippen LogP contribution in [-0.2, 0) is 0 Å². The smallest absolute Gasteiger partial charge is 0.131 e. The molecule has 2 nitrogen and oxygen atoms in total. The molecule has 3 aromatic carbocycles. The van der Waals surface area contributed by atoms with Gasteiger partial charge >= 0.3 is 0 Å². The summed E-state index contributed by atoms with van der Waals surface area (Å²) in [6, 6.07) is 17.9. The van der Waals surface area contributed by atoms with Crippen LogP contribution in [-0.4, -0.2) is 7.11 Å². The van der Waals surface area contributed by atoms with Gasteiger partial charge in [0, 0.05) is 5.39 Å². The SMILES string of the molecule is COc1ccc(C(N)c2ccc(F)c3ccccc23)cc1. The van der Waals surface area contributed by atoms with Gasteiger partial charge < -0.3 is 10.5 Å². The van der Waals surface area contributed by atoms with Crippen LogP contribution in [0.1, 0.15) is 17.2 Å². The highest BCUT2D eigenvalue weighted by Crippen LogP contribution is 2.29. The third-order valence-corrected chi connectivity index (χ3v) is 3.71. The zero-order chi connectivity index (χ0) is 14.8. The molecule has 3 aromatic rings. The van der Waals surface area contributed by atoms with E-state index >= 15 is 0 Å². The van der Waals surface area contributed by atoms with Crippen molar-refractivity contribution < 1.29 is 9.13 Å². The molecule has 0 saturated carbocycles. The Bertz CT molecular complexity index is 768. The minimum atomic E-state index is -0.304. The fourth-order valence-corrected chi connectivity index (χ4v) is 2.55. The highest BCUT2D eigenvalue weighted by Gasteiger charge is 2.14. The summed E-state index contributed by atoms with van der Waals surface area (Å²) < 4.78 is 19.0. The number of ether oxygens (including phenoxy) is 1. The first kappa shape index (κ1) is 13.6. The quantitative estimate of drug-likeness (QED) is 0.786. The van der Waals surface area contributed by atoms with Gasteiger partial charge in [0.2, 0.25) is 0 Å². The molecule has 3 rings (SSSR count). The Morgan fingerprint density at radius 2 is 1.57 bits per heavy atom. The van der Waals surface area contributed by atoms with Crippen LogP contribution in [0, 0.1) is 5.82 Å². The Hall–Kier alpha value is -2.39. The van der Waals surface area contributed by atoms with E-state index in [9.17, 15) is 4.39 Å². The number of hydrogen-bond acceptors (Lipinski definition) is 2. The molecule has 0 aliphatic rings. The van der Waals surface area contributed by atoms with Gasteiger partial charge in [-0.2, -0.15) is 0 Å². The van der Waals surface area contributed by atoms with Crippen LogP contribution in [0.5, 0.6) is 5.75 Å². The molecule has 0 bridgehead atoms. The molecule has 2 N–H and O–H groups in total. The number of nitrogens with two attached hydrogens (primary N) is 1. The maximum absolute atomic E-state index is 13.9. The van der Waals surface area contributed by atoms with Gasteiger partial charge in [0.1, 0.15) is 11.6 Å². The topological polar surface area (TPSA) is 35.2 Å². The molecule has 3 heteroatoms. The lowest BCUT2D eigenvalue weighted by Crippen LogP contribution is -2.12. The lowest BCUT2D eigenvalue weighted by molar-refractivity contribution is 0.414. The van der Waals surface area contributed by atoms with Crippen molar-refractivity contribution in [2.45, 2.75) is 6.04 Å². The molecular weight excluding hydrogens is 265 g/mol. The Balaban J connectivity index is 2.08. The predicted molar refractivity (Wildman–Crippen MR) is 82.9 cm³/mol. The molecule has 106 valence electrons. The molecule has 0 radical (unpaired) electrons. The van der Waals surface area contributed by atoms with Crippen molar-refractivity contribution in [1.29, 1.82) is 0 Å². The summed E-state index contributed by atoms with van der Waals surface area (Å²) in [5.41, 5.74) is 8.24. The molecule has 0 amide bonds. The minimum absolute atomic E-state index is 0.226. The van der Waals surface area contributed by atoms with Gasteiger partial charge in [-0.05, 0) is 34.7 Å². The van der Waals surface area contributed by atoms with Gasteiger partial charge in [-0.1, -0.05) is 42.5 Å². The predicted octanol–water partition coefficient (Wildman–Crippen LogP) is 4.04. The third kappa shape index (κ3) is 2.48. The molecule has 0 aliphatic carbocycles. The molecule has 1 atom stereocenters. The zero-order valence-corrected chi connectivity index (χ0v) is 11.7. The van der Waals surface area contributed by atoms with Crippen LogP contribution in [0.4, 0.5) is 4.39 Å². The fraction of sp³-hybridized carbons (Fsp3) is 0.111. The summed E-state index contributed by atoms with van der Waals surface area (Å²) in [6.45, 7) is 0. The molecule has 0 heterocycles. The first-order valence-corrected chi connectivity index (χ1v) is 6.77. The average Bonchev–Trinajstić information content (AvgIpc) is 2.55. The van der Waals surface area contributed by atoms with Crippen molar-refractivity contribution in [3.05, 3.63) is 77.6 Å². The van der Waals surface area contributed by atoms with Crippen molar-refractivity contribution in [2.75, 3.05) is 7.11 Å².